The number of nitrogens with zero attached hydrogens (tertiary/aromatic N) is 3. The van der Waals surface area contributed by atoms with Crippen LogP contribution in [0.3, 0.4) is 0 Å². The molecule has 1 unspecified atom stereocenters. The average molecular weight is 525 g/mol. The Morgan fingerprint density at radius 2 is 1.92 bits per heavy atom. The molecule has 1 aromatic heterocycles. The van der Waals surface area contributed by atoms with Crippen LogP contribution < -0.4 is 16.4 Å². The van der Waals surface area contributed by atoms with E-state index in [1.165, 1.54) is 17.5 Å². The van der Waals surface area contributed by atoms with Crippen LogP contribution in [0.4, 0.5) is 22.2 Å². The van der Waals surface area contributed by atoms with E-state index in [0.717, 1.165) is 57.7 Å². The third kappa shape index (κ3) is 5.26. The average Bonchev–Trinajstić information content (AvgIpc) is 3.42. The standard InChI is InChI=1S/C27H33ClN6O3/c28-22-15-30-27(33-25(22)32-23-18-1-2-19(13-18)24(23)37-26(29)35)31-20-6-3-16-4-7-21(8-5-17(16)14-20)34-9-11-36-12-10-34/h1-3,6,14-15,18-19,21,23-24H,4-5,7-13H2,(H2,29,35)(H2,30,31,32,33)/t18-,19+,21?,23+,24-/m0/s1. The number of anilines is 3. The molecular weight excluding hydrogens is 492 g/mol. The molecule has 1 saturated heterocycles. The first-order chi connectivity index (χ1) is 18.0. The molecule has 1 saturated carbocycles. The number of aromatic nitrogens is 2. The van der Waals surface area contributed by atoms with Gasteiger partial charge in [0.2, 0.25) is 5.95 Å². The van der Waals surface area contributed by atoms with E-state index in [1.54, 1.807) is 6.20 Å². The van der Waals surface area contributed by atoms with E-state index < -0.39 is 6.09 Å². The molecule has 5 atom stereocenters. The van der Waals surface area contributed by atoms with E-state index in [4.69, 9.17) is 26.8 Å². The monoisotopic (exact) mass is 524 g/mol. The summed E-state index contributed by atoms with van der Waals surface area (Å²) in [7, 11) is 0. The Morgan fingerprint density at radius 3 is 2.73 bits per heavy atom. The molecule has 4 N–H and O–H groups in total. The van der Waals surface area contributed by atoms with Crippen molar-refractivity contribution in [2.45, 2.75) is 50.3 Å². The van der Waals surface area contributed by atoms with E-state index in [2.05, 4.69) is 55.9 Å². The molecule has 196 valence electrons. The lowest BCUT2D eigenvalue weighted by atomic mass is 9.98. The number of fused-ring (bicyclic) bond motifs is 3. The SMILES string of the molecule is NC(=O)O[C@@H]1[C@H](Nc2nc(Nc3ccc4c(c3)CCC(N3CCOCC3)CC4)ncc2Cl)[C@H]2C=C[C@@H]1C2. The number of nitrogens with two attached hydrogens (primary N) is 1. The van der Waals surface area contributed by atoms with Gasteiger partial charge in [-0.05, 0) is 55.4 Å². The van der Waals surface area contributed by atoms with Crippen molar-refractivity contribution < 1.29 is 14.3 Å². The molecule has 2 fully saturated rings. The lowest BCUT2D eigenvalue weighted by Gasteiger charge is -2.33. The third-order valence-electron chi connectivity index (χ3n) is 8.21. The van der Waals surface area contributed by atoms with Gasteiger partial charge in [-0.25, -0.2) is 9.78 Å². The summed E-state index contributed by atoms with van der Waals surface area (Å²) in [6, 6.07) is 7.01. The molecule has 4 aliphatic rings. The number of benzene rings is 1. The van der Waals surface area contributed by atoms with E-state index in [-0.39, 0.29) is 24.0 Å². The molecule has 1 amide bonds. The van der Waals surface area contributed by atoms with Crippen LogP contribution in [-0.4, -0.2) is 65.5 Å². The van der Waals surface area contributed by atoms with Gasteiger partial charge < -0.3 is 25.8 Å². The molecule has 2 bridgehead atoms. The van der Waals surface area contributed by atoms with Crippen LogP contribution in [0.5, 0.6) is 0 Å². The Bertz CT molecular complexity index is 1190. The Kier molecular flexibility index (Phi) is 6.92. The van der Waals surface area contributed by atoms with Crippen LogP contribution >= 0.6 is 11.6 Å². The lowest BCUT2D eigenvalue weighted by molar-refractivity contribution is 0.0136. The summed E-state index contributed by atoms with van der Waals surface area (Å²) in [5.41, 5.74) is 9.08. The number of carbonyl (C=O) groups is 1. The van der Waals surface area contributed by atoms with Crippen molar-refractivity contribution in [3.8, 4) is 0 Å². The van der Waals surface area contributed by atoms with Gasteiger partial charge in [0.1, 0.15) is 11.1 Å². The molecule has 6 rings (SSSR count). The number of hydrogen-bond acceptors (Lipinski definition) is 8. The Labute approximate surface area is 221 Å². The number of halogens is 1. The number of ether oxygens (including phenoxy) is 2. The van der Waals surface area contributed by atoms with Gasteiger partial charge in [-0.2, -0.15) is 4.98 Å². The van der Waals surface area contributed by atoms with Crippen molar-refractivity contribution >= 4 is 35.1 Å². The zero-order chi connectivity index (χ0) is 25.4. The summed E-state index contributed by atoms with van der Waals surface area (Å²) in [5.74, 6) is 1.34. The molecule has 2 aromatic rings. The fourth-order valence-electron chi connectivity index (χ4n) is 6.35. The molecule has 1 aromatic carbocycles. The lowest BCUT2D eigenvalue weighted by Crippen LogP contribution is -2.43. The number of hydrogen-bond donors (Lipinski definition) is 3. The maximum Gasteiger partial charge on any atom is 0.404 e. The van der Waals surface area contributed by atoms with E-state index in [9.17, 15) is 4.79 Å². The first-order valence-corrected chi connectivity index (χ1v) is 13.6. The minimum atomic E-state index is -0.770. The van der Waals surface area contributed by atoms with Crippen molar-refractivity contribution in [3.63, 3.8) is 0 Å². The summed E-state index contributed by atoms with van der Waals surface area (Å²) in [4.78, 5) is 23.1. The van der Waals surface area contributed by atoms with Gasteiger partial charge in [0.05, 0.1) is 25.5 Å². The minimum absolute atomic E-state index is 0.144. The summed E-state index contributed by atoms with van der Waals surface area (Å²) in [5, 5.41) is 7.16. The smallest absolute Gasteiger partial charge is 0.404 e. The highest BCUT2D eigenvalue weighted by Gasteiger charge is 2.47. The Balaban J connectivity index is 1.14. The van der Waals surface area contributed by atoms with Crippen molar-refractivity contribution in [2.75, 3.05) is 36.9 Å². The number of primary amides is 1. The van der Waals surface area contributed by atoms with Gasteiger partial charge >= 0.3 is 6.09 Å². The number of morpholine rings is 1. The van der Waals surface area contributed by atoms with Gasteiger partial charge in [-0.15, -0.1) is 0 Å². The molecule has 3 aliphatic carbocycles. The number of amides is 1. The number of carbonyl (C=O) groups excluding carboxylic acids is 1. The predicted octanol–water partition coefficient (Wildman–Crippen LogP) is 3.90. The predicted molar refractivity (Wildman–Crippen MR) is 142 cm³/mol. The highest BCUT2D eigenvalue weighted by molar-refractivity contribution is 6.32. The van der Waals surface area contributed by atoms with Crippen LogP contribution in [0.2, 0.25) is 5.02 Å². The van der Waals surface area contributed by atoms with Crippen LogP contribution in [0.25, 0.3) is 0 Å². The topological polar surface area (TPSA) is 115 Å². The number of nitrogens with one attached hydrogen (secondary N) is 2. The van der Waals surface area contributed by atoms with Gasteiger partial charge in [0.25, 0.3) is 0 Å². The van der Waals surface area contributed by atoms with Crippen LogP contribution in [-0.2, 0) is 22.3 Å². The van der Waals surface area contributed by atoms with Crippen LogP contribution in [0.15, 0.2) is 36.5 Å². The van der Waals surface area contributed by atoms with Crippen LogP contribution in [0, 0.1) is 11.8 Å². The fourth-order valence-corrected chi connectivity index (χ4v) is 6.50. The highest BCUT2D eigenvalue weighted by atomic mass is 35.5. The van der Waals surface area contributed by atoms with Crippen LogP contribution in [0.1, 0.15) is 30.4 Å². The number of aryl methyl sites for hydroxylation is 2. The second-order valence-electron chi connectivity index (χ2n) is 10.4. The highest BCUT2D eigenvalue weighted by Crippen LogP contribution is 2.43. The quantitative estimate of drug-likeness (QED) is 0.385. The van der Waals surface area contributed by atoms with E-state index >= 15 is 0 Å². The van der Waals surface area contributed by atoms with Gasteiger partial charge in [-0.3, -0.25) is 4.90 Å². The summed E-state index contributed by atoms with van der Waals surface area (Å²) in [6.07, 6.45) is 10.1. The summed E-state index contributed by atoms with van der Waals surface area (Å²) < 4.78 is 11.0. The molecule has 0 radical (unpaired) electrons. The molecule has 1 aliphatic heterocycles. The summed E-state index contributed by atoms with van der Waals surface area (Å²) in [6.45, 7) is 3.75. The second-order valence-corrected chi connectivity index (χ2v) is 10.8. The van der Waals surface area contributed by atoms with Crippen molar-refractivity contribution in [2.24, 2.45) is 17.6 Å². The first-order valence-electron chi connectivity index (χ1n) is 13.2. The minimum Gasteiger partial charge on any atom is -0.444 e. The van der Waals surface area contributed by atoms with E-state index in [0.29, 0.717) is 22.8 Å². The summed E-state index contributed by atoms with van der Waals surface area (Å²) >= 11 is 6.45. The maximum atomic E-state index is 11.5. The Hall–Kier alpha value is -2.88. The molecule has 37 heavy (non-hydrogen) atoms. The van der Waals surface area contributed by atoms with Gasteiger partial charge in [-0.1, -0.05) is 29.8 Å². The molecular formula is C27H33ClN6O3. The zero-order valence-corrected chi connectivity index (χ0v) is 21.5. The van der Waals surface area contributed by atoms with Gasteiger partial charge in [0.15, 0.2) is 5.82 Å². The number of rotatable bonds is 6. The molecule has 0 spiro atoms. The van der Waals surface area contributed by atoms with Crippen molar-refractivity contribution in [1.29, 1.82) is 0 Å². The molecule has 9 nitrogen and oxygen atoms in total. The largest absolute Gasteiger partial charge is 0.444 e. The fraction of sp³-hybridized carbons (Fsp3) is 0.519. The zero-order valence-electron chi connectivity index (χ0n) is 20.7. The normalized spacial score (nSPS) is 28.9. The molecule has 2 heterocycles. The van der Waals surface area contributed by atoms with Crippen molar-refractivity contribution in [3.05, 3.63) is 52.7 Å². The maximum absolute atomic E-state index is 11.5. The van der Waals surface area contributed by atoms with Crippen molar-refractivity contribution in [1.82, 2.24) is 14.9 Å². The first kappa shape index (κ1) is 24.5. The molecule has 10 heteroatoms. The third-order valence-corrected chi connectivity index (χ3v) is 8.48. The Morgan fingerprint density at radius 1 is 1.14 bits per heavy atom. The van der Waals surface area contributed by atoms with E-state index in [1.807, 2.05) is 0 Å². The second kappa shape index (κ2) is 10.5. The van der Waals surface area contributed by atoms with Gasteiger partial charge in [0, 0.05) is 36.7 Å².